The predicted molar refractivity (Wildman–Crippen MR) is 64.9 cm³/mol. The van der Waals surface area contributed by atoms with Crippen LogP contribution >= 0.6 is 15.9 Å². The zero-order valence-corrected chi connectivity index (χ0v) is 10.8. The van der Waals surface area contributed by atoms with E-state index in [0.29, 0.717) is 16.1 Å². The summed E-state index contributed by atoms with van der Waals surface area (Å²) in [4.78, 5) is 0. The van der Waals surface area contributed by atoms with Gasteiger partial charge in [0, 0.05) is 17.7 Å². The van der Waals surface area contributed by atoms with Crippen LogP contribution in [-0.2, 0) is 0 Å². The lowest BCUT2D eigenvalue weighted by atomic mass is 9.77. The Hall–Kier alpha value is -0.610. The lowest BCUT2D eigenvalue weighted by molar-refractivity contribution is 0.259. The quantitative estimate of drug-likeness (QED) is 0.925. The molecule has 1 aliphatic rings. The zero-order chi connectivity index (χ0) is 11.7. The molecular weight excluding hydrogens is 273 g/mol. The lowest BCUT2D eigenvalue weighted by Crippen LogP contribution is -2.27. The van der Waals surface area contributed by atoms with Crippen LogP contribution in [0, 0.1) is 11.7 Å². The van der Waals surface area contributed by atoms with Crippen LogP contribution < -0.4 is 10.5 Å². The monoisotopic (exact) mass is 287 g/mol. The predicted octanol–water partition coefficient (Wildman–Crippen LogP) is 3.40. The van der Waals surface area contributed by atoms with Crippen LogP contribution in [0.3, 0.4) is 0 Å². The van der Waals surface area contributed by atoms with Crippen molar-refractivity contribution < 1.29 is 9.13 Å². The molecule has 4 heteroatoms. The fraction of sp³-hybridized carbons (Fsp3) is 0.500. The molecule has 16 heavy (non-hydrogen) atoms. The van der Waals surface area contributed by atoms with Gasteiger partial charge in [0.15, 0.2) is 0 Å². The fourth-order valence-corrected chi connectivity index (χ4v) is 2.40. The van der Waals surface area contributed by atoms with Crippen molar-refractivity contribution in [2.24, 2.45) is 11.7 Å². The van der Waals surface area contributed by atoms with Crippen molar-refractivity contribution in [2.75, 3.05) is 7.11 Å². The van der Waals surface area contributed by atoms with Gasteiger partial charge in [-0.25, -0.2) is 4.39 Å². The number of ether oxygens (including phenoxy) is 1. The van der Waals surface area contributed by atoms with Gasteiger partial charge >= 0.3 is 0 Å². The van der Waals surface area contributed by atoms with E-state index in [2.05, 4.69) is 15.9 Å². The highest BCUT2D eigenvalue weighted by Gasteiger charge is 2.28. The van der Waals surface area contributed by atoms with Gasteiger partial charge in [-0.2, -0.15) is 0 Å². The zero-order valence-electron chi connectivity index (χ0n) is 9.17. The Labute approximate surface area is 103 Å². The maximum absolute atomic E-state index is 13.3. The summed E-state index contributed by atoms with van der Waals surface area (Å²) >= 11 is 3.18. The molecule has 1 fully saturated rings. The van der Waals surface area contributed by atoms with Crippen molar-refractivity contribution in [1.29, 1.82) is 0 Å². The Morgan fingerprint density at radius 3 is 2.69 bits per heavy atom. The average molecular weight is 288 g/mol. The summed E-state index contributed by atoms with van der Waals surface area (Å²) in [6.07, 6.45) is 3.54. The van der Waals surface area contributed by atoms with E-state index in [-0.39, 0.29) is 11.9 Å². The first-order chi connectivity index (χ1) is 7.63. The Bertz CT molecular complexity index is 393. The van der Waals surface area contributed by atoms with Gasteiger partial charge in [0.05, 0.1) is 11.6 Å². The molecule has 0 saturated heterocycles. The SMILES string of the molecule is COc1cc(F)c(Br)cc1C(N)C1CCC1. The van der Waals surface area contributed by atoms with E-state index < -0.39 is 0 Å². The summed E-state index contributed by atoms with van der Waals surface area (Å²) in [6.45, 7) is 0. The van der Waals surface area contributed by atoms with Crippen molar-refractivity contribution in [3.05, 3.63) is 28.0 Å². The molecule has 0 spiro atoms. The summed E-state index contributed by atoms with van der Waals surface area (Å²) < 4.78 is 19.0. The molecule has 2 N–H and O–H groups in total. The minimum Gasteiger partial charge on any atom is -0.496 e. The third-order valence-corrected chi connectivity index (χ3v) is 3.90. The van der Waals surface area contributed by atoms with E-state index >= 15 is 0 Å². The molecule has 1 unspecified atom stereocenters. The molecule has 2 nitrogen and oxygen atoms in total. The van der Waals surface area contributed by atoms with Crippen molar-refractivity contribution in [2.45, 2.75) is 25.3 Å². The molecule has 0 aromatic heterocycles. The number of nitrogens with two attached hydrogens (primary N) is 1. The van der Waals surface area contributed by atoms with Crippen LogP contribution in [0.25, 0.3) is 0 Å². The number of benzene rings is 1. The normalized spacial score (nSPS) is 18.0. The Morgan fingerprint density at radius 1 is 1.50 bits per heavy atom. The first kappa shape index (κ1) is 11.9. The van der Waals surface area contributed by atoms with E-state index in [1.54, 1.807) is 13.2 Å². The Kier molecular flexibility index (Phi) is 3.50. The van der Waals surface area contributed by atoms with E-state index in [9.17, 15) is 4.39 Å². The summed E-state index contributed by atoms with van der Waals surface area (Å²) in [7, 11) is 1.54. The Balaban J connectivity index is 2.33. The van der Waals surface area contributed by atoms with Crippen molar-refractivity contribution in [3.8, 4) is 5.75 Å². The largest absolute Gasteiger partial charge is 0.496 e. The van der Waals surface area contributed by atoms with E-state index in [1.165, 1.54) is 12.5 Å². The summed E-state index contributed by atoms with van der Waals surface area (Å²) in [5.41, 5.74) is 7.06. The molecule has 1 aromatic carbocycles. The molecule has 2 rings (SSSR count). The van der Waals surface area contributed by atoms with Crippen LogP contribution in [0.15, 0.2) is 16.6 Å². The van der Waals surface area contributed by atoms with Gasteiger partial charge in [0.1, 0.15) is 11.6 Å². The van der Waals surface area contributed by atoms with Crippen LogP contribution in [0.2, 0.25) is 0 Å². The summed E-state index contributed by atoms with van der Waals surface area (Å²) in [5.74, 6) is 0.729. The second-order valence-corrected chi connectivity index (χ2v) is 5.08. The molecular formula is C12H15BrFNO. The number of methoxy groups -OCH3 is 1. The van der Waals surface area contributed by atoms with E-state index in [4.69, 9.17) is 10.5 Å². The lowest BCUT2D eigenvalue weighted by Gasteiger charge is -2.32. The summed E-state index contributed by atoms with van der Waals surface area (Å²) in [6, 6.07) is 3.07. The van der Waals surface area contributed by atoms with Crippen LogP contribution in [0.4, 0.5) is 4.39 Å². The molecule has 1 atom stereocenters. The summed E-state index contributed by atoms with van der Waals surface area (Å²) in [5, 5.41) is 0. The van der Waals surface area contributed by atoms with Gasteiger partial charge in [-0.1, -0.05) is 6.42 Å². The van der Waals surface area contributed by atoms with Gasteiger partial charge in [-0.05, 0) is 40.8 Å². The van der Waals surface area contributed by atoms with Crippen LogP contribution in [-0.4, -0.2) is 7.11 Å². The molecule has 0 heterocycles. The topological polar surface area (TPSA) is 35.2 Å². The molecule has 1 aromatic rings. The smallest absolute Gasteiger partial charge is 0.141 e. The molecule has 0 bridgehead atoms. The highest BCUT2D eigenvalue weighted by Crippen LogP contribution is 2.40. The minimum absolute atomic E-state index is 0.0550. The van der Waals surface area contributed by atoms with Crippen molar-refractivity contribution >= 4 is 15.9 Å². The molecule has 0 amide bonds. The molecule has 0 aliphatic heterocycles. The van der Waals surface area contributed by atoms with Crippen LogP contribution in [0.1, 0.15) is 30.9 Å². The highest BCUT2D eigenvalue weighted by atomic mass is 79.9. The average Bonchev–Trinajstić information content (AvgIpc) is 2.18. The number of hydrogen-bond donors (Lipinski definition) is 1. The number of rotatable bonds is 3. The number of hydrogen-bond acceptors (Lipinski definition) is 2. The second kappa shape index (κ2) is 4.72. The van der Waals surface area contributed by atoms with Gasteiger partial charge < -0.3 is 10.5 Å². The highest BCUT2D eigenvalue weighted by molar-refractivity contribution is 9.10. The van der Waals surface area contributed by atoms with E-state index in [0.717, 1.165) is 18.4 Å². The van der Waals surface area contributed by atoms with Gasteiger partial charge in [-0.3, -0.25) is 0 Å². The molecule has 1 aliphatic carbocycles. The van der Waals surface area contributed by atoms with Crippen molar-refractivity contribution in [1.82, 2.24) is 0 Å². The second-order valence-electron chi connectivity index (χ2n) is 4.23. The van der Waals surface area contributed by atoms with Gasteiger partial charge in [-0.15, -0.1) is 0 Å². The molecule has 88 valence electrons. The third-order valence-electron chi connectivity index (χ3n) is 3.29. The fourth-order valence-electron chi connectivity index (χ4n) is 2.03. The molecule has 1 saturated carbocycles. The van der Waals surface area contributed by atoms with Crippen LogP contribution in [0.5, 0.6) is 5.75 Å². The van der Waals surface area contributed by atoms with Crippen molar-refractivity contribution in [3.63, 3.8) is 0 Å². The van der Waals surface area contributed by atoms with Gasteiger partial charge in [0.2, 0.25) is 0 Å². The Morgan fingerprint density at radius 2 is 2.19 bits per heavy atom. The number of halogens is 2. The van der Waals surface area contributed by atoms with Gasteiger partial charge in [0.25, 0.3) is 0 Å². The maximum Gasteiger partial charge on any atom is 0.141 e. The minimum atomic E-state index is -0.318. The van der Waals surface area contributed by atoms with E-state index in [1.807, 2.05) is 0 Å². The molecule has 0 radical (unpaired) electrons. The third kappa shape index (κ3) is 2.09. The standard InChI is InChI=1S/C12H15BrFNO/c1-16-11-6-10(14)9(13)5-8(11)12(15)7-3-2-4-7/h5-7,12H,2-4,15H2,1H3. The first-order valence-corrected chi connectivity index (χ1v) is 6.21. The maximum atomic E-state index is 13.3. The first-order valence-electron chi connectivity index (χ1n) is 5.42.